The van der Waals surface area contributed by atoms with E-state index in [1.165, 1.54) is 17.5 Å². The van der Waals surface area contributed by atoms with Crippen LogP contribution < -0.4 is 21.1 Å². The van der Waals surface area contributed by atoms with Gasteiger partial charge in [0.2, 0.25) is 5.91 Å². The normalized spacial score (nSPS) is 10.6. The van der Waals surface area contributed by atoms with Crippen molar-refractivity contribution in [1.29, 1.82) is 0 Å². The Hall–Kier alpha value is -3.98. The lowest BCUT2D eigenvalue weighted by Crippen LogP contribution is -2.18. The number of thiazole rings is 1. The van der Waals surface area contributed by atoms with Crippen LogP contribution in [0.15, 0.2) is 60.8 Å². The molecule has 9 heteroatoms. The van der Waals surface area contributed by atoms with Gasteiger partial charge in [-0.05, 0) is 36.4 Å². The number of hydrogen-bond acceptors (Lipinski definition) is 7. The van der Waals surface area contributed by atoms with Crippen LogP contribution in [0.2, 0.25) is 0 Å². The van der Waals surface area contributed by atoms with Crippen LogP contribution in [0.25, 0.3) is 10.2 Å². The molecule has 2 heterocycles. The van der Waals surface area contributed by atoms with Crippen molar-refractivity contribution in [1.82, 2.24) is 15.3 Å². The lowest BCUT2D eigenvalue weighted by molar-refractivity contribution is 0.0956. The second kappa shape index (κ2) is 8.18. The van der Waals surface area contributed by atoms with Crippen LogP contribution in [0, 0.1) is 0 Å². The summed E-state index contributed by atoms with van der Waals surface area (Å²) < 4.78 is 6.80. The number of amides is 2. The topological polar surface area (TPSA) is 119 Å². The number of fused-ring (bicyclic) bond motifs is 1. The summed E-state index contributed by atoms with van der Waals surface area (Å²) in [5.41, 5.74) is 7.56. The van der Waals surface area contributed by atoms with Crippen LogP contribution in [0.5, 0.6) is 11.5 Å². The van der Waals surface area contributed by atoms with Crippen molar-refractivity contribution in [2.24, 2.45) is 5.73 Å². The second-order valence-corrected chi connectivity index (χ2v) is 7.31. The van der Waals surface area contributed by atoms with Crippen molar-refractivity contribution in [2.75, 3.05) is 12.4 Å². The fourth-order valence-electron chi connectivity index (χ4n) is 2.76. The Kier molecular flexibility index (Phi) is 5.27. The number of carbonyl (C=O) groups excluding carboxylic acids is 2. The van der Waals surface area contributed by atoms with Gasteiger partial charge >= 0.3 is 0 Å². The molecule has 2 amide bonds. The summed E-state index contributed by atoms with van der Waals surface area (Å²) >= 11 is 1.45. The number of anilines is 2. The van der Waals surface area contributed by atoms with Crippen molar-refractivity contribution in [3.63, 3.8) is 0 Å². The number of aromatic nitrogens is 2. The SMILES string of the molecule is CNC(=O)c1cc(Oc2ccc3nc(Nc4cccc(C(N)=O)c4)sc3c2)ccn1. The average Bonchev–Trinajstić information content (AvgIpc) is 3.15. The Labute approximate surface area is 175 Å². The fourth-order valence-corrected chi connectivity index (χ4v) is 3.67. The van der Waals surface area contributed by atoms with Gasteiger partial charge in [-0.15, -0.1) is 0 Å². The average molecular weight is 419 g/mol. The zero-order valence-corrected chi connectivity index (χ0v) is 16.7. The molecule has 4 aromatic rings. The Morgan fingerprint density at radius 1 is 1.07 bits per heavy atom. The molecular formula is C21H17N5O3S. The zero-order chi connectivity index (χ0) is 21.1. The van der Waals surface area contributed by atoms with Crippen LogP contribution in [-0.2, 0) is 0 Å². The molecule has 0 radical (unpaired) electrons. The van der Waals surface area contributed by atoms with Crippen LogP contribution in [0.4, 0.5) is 10.8 Å². The molecule has 0 fully saturated rings. The molecule has 2 aromatic heterocycles. The van der Waals surface area contributed by atoms with Crippen LogP contribution in [-0.4, -0.2) is 28.8 Å². The summed E-state index contributed by atoms with van der Waals surface area (Å²) in [7, 11) is 1.55. The molecule has 4 N–H and O–H groups in total. The number of rotatable bonds is 6. The highest BCUT2D eigenvalue weighted by Gasteiger charge is 2.10. The van der Waals surface area contributed by atoms with E-state index in [1.54, 1.807) is 43.4 Å². The van der Waals surface area contributed by atoms with Gasteiger partial charge in [-0.1, -0.05) is 17.4 Å². The van der Waals surface area contributed by atoms with E-state index < -0.39 is 5.91 Å². The highest BCUT2D eigenvalue weighted by atomic mass is 32.1. The number of ether oxygens (including phenoxy) is 1. The number of nitrogens with zero attached hydrogens (tertiary/aromatic N) is 2. The first-order valence-electron chi connectivity index (χ1n) is 8.95. The number of pyridine rings is 1. The predicted octanol–water partition coefficient (Wildman–Crippen LogP) is 3.69. The van der Waals surface area contributed by atoms with Crippen LogP contribution in [0.1, 0.15) is 20.8 Å². The monoisotopic (exact) mass is 419 g/mol. The van der Waals surface area contributed by atoms with Gasteiger partial charge in [-0.3, -0.25) is 14.6 Å². The van der Waals surface area contributed by atoms with Crippen molar-refractivity contribution < 1.29 is 14.3 Å². The second-order valence-electron chi connectivity index (χ2n) is 6.28. The van der Waals surface area contributed by atoms with Gasteiger partial charge < -0.3 is 21.1 Å². The Balaban J connectivity index is 1.55. The standard InChI is InChI=1S/C21H17N5O3S/c1-23-20(28)17-10-15(7-8-24-17)29-14-5-6-16-18(11-14)30-21(26-16)25-13-4-2-3-12(9-13)19(22)27/h2-11H,1H3,(H2,22,27)(H,23,28)(H,25,26). The first kappa shape index (κ1) is 19.3. The summed E-state index contributed by atoms with van der Waals surface area (Å²) in [5, 5.41) is 6.40. The number of benzene rings is 2. The molecule has 8 nitrogen and oxygen atoms in total. The molecule has 4 rings (SSSR count). The van der Waals surface area contributed by atoms with E-state index in [1.807, 2.05) is 18.2 Å². The van der Waals surface area contributed by atoms with Gasteiger partial charge in [-0.25, -0.2) is 4.98 Å². The third-order valence-corrected chi connectivity index (χ3v) is 5.12. The maximum atomic E-state index is 11.7. The van der Waals surface area contributed by atoms with Gasteiger partial charge in [0.25, 0.3) is 5.91 Å². The van der Waals surface area contributed by atoms with Gasteiger partial charge in [0.05, 0.1) is 10.2 Å². The Morgan fingerprint density at radius 3 is 2.70 bits per heavy atom. The van der Waals surface area contributed by atoms with Crippen LogP contribution in [0.3, 0.4) is 0 Å². The third kappa shape index (κ3) is 4.20. The summed E-state index contributed by atoms with van der Waals surface area (Å²) in [6.07, 6.45) is 1.52. The van der Waals surface area contributed by atoms with Crippen molar-refractivity contribution in [3.8, 4) is 11.5 Å². The molecule has 0 saturated heterocycles. The zero-order valence-electron chi connectivity index (χ0n) is 15.9. The lowest BCUT2D eigenvalue weighted by Gasteiger charge is -2.06. The quantitative estimate of drug-likeness (QED) is 0.439. The van der Waals surface area contributed by atoms with E-state index in [2.05, 4.69) is 20.6 Å². The van der Waals surface area contributed by atoms with E-state index in [4.69, 9.17) is 10.5 Å². The maximum absolute atomic E-state index is 11.7. The molecular weight excluding hydrogens is 402 g/mol. The van der Waals surface area contributed by atoms with E-state index in [9.17, 15) is 9.59 Å². The summed E-state index contributed by atoms with van der Waals surface area (Å²) in [6, 6.07) is 15.7. The van der Waals surface area contributed by atoms with E-state index in [-0.39, 0.29) is 11.6 Å². The third-order valence-electron chi connectivity index (χ3n) is 4.19. The Morgan fingerprint density at radius 2 is 1.90 bits per heavy atom. The van der Waals surface area contributed by atoms with E-state index >= 15 is 0 Å². The number of hydrogen-bond donors (Lipinski definition) is 3. The van der Waals surface area contributed by atoms with Gasteiger partial charge in [-0.2, -0.15) is 0 Å². The minimum atomic E-state index is -0.486. The molecule has 0 aliphatic rings. The highest BCUT2D eigenvalue weighted by Crippen LogP contribution is 2.32. The van der Waals surface area contributed by atoms with Crippen molar-refractivity contribution in [2.45, 2.75) is 0 Å². The maximum Gasteiger partial charge on any atom is 0.269 e. The molecule has 30 heavy (non-hydrogen) atoms. The summed E-state index contributed by atoms with van der Waals surface area (Å²) in [6.45, 7) is 0. The van der Waals surface area contributed by atoms with Crippen molar-refractivity contribution in [3.05, 3.63) is 72.1 Å². The lowest BCUT2D eigenvalue weighted by atomic mass is 10.2. The summed E-state index contributed by atoms with van der Waals surface area (Å²) in [4.78, 5) is 31.7. The first-order valence-corrected chi connectivity index (χ1v) is 9.77. The first-order chi connectivity index (χ1) is 14.5. The smallest absolute Gasteiger partial charge is 0.269 e. The minimum absolute atomic E-state index is 0.276. The molecule has 0 aliphatic heterocycles. The molecule has 0 atom stereocenters. The fraction of sp³-hybridized carbons (Fsp3) is 0.0476. The molecule has 0 spiro atoms. The van der Waals surface area contributed by atoms with Crippen LogP contribution >= 0.6 is 11.3 Å². The van der Waals surface area contributed by atoms with E-state index in [0.717, 1.165) is 15.9 Å². The molecule has 0 saturated carbocycles. The predicted molar refractivity (Wildman–Crippen MR) is 116 cm³/mol. The highest BCUT2D eigenvalue weighted by molar-refractivity contribution is 7.22. The minimum Gasteiger partial charge on any atom is -0.457 e. The number of nitrogens with one attached hydrogen (secondary N) is 2. The van der Waals surface area contributed by atoms with Gasteiger partial charge in [0.15, 0.2) is 5.13 Å². The van der Waals surface area contributed by atoms with Gasteiger partial charge in [0, 0.05) is 36.6 Å². The van der Waals surface area contributed by atoms with Gasteiger partial charge in [0.1, 0.15) is 17.2 Å². The molecule has 2 aromatic carbocycles. The molecule has 0 aliphatic carbocycles. The summed E-state index contributed by atoms with van der Waals surface area (Å²) in [5.74, 6) is 0.353. The van der Waals surface area contributed by atoms with E-state index in [0.29, 0.717) is 22.2 Å². The number of carbonyl (C=O) groups is 2. The number of nitrogens with two attached hydrogens (primary N) is 1. The molecule has 0 unspecified atom stereocenters. The number of primary amides is 1. The Bertz CT molecular complexity index is 1250. The molecule has 0 bridgehead atoms. The van der Waals surface area contributed by atoms with Crippen molar-refractivity contribution >= 4 is 44.2 Å². The largest absolute Gasteiger partial charge is 0.457 e. The molecule has 150 valence electrons.